The molecule has 0 radical (unpaired) electrons. The molecule has 0 atom stereocenters. The molecular weight excluding hydrogens is 309 g/mol. The highest BCUT2D eigenvalue weighted by Gasteiger charge is 2.14. The number of rotatable bonds is 3. The molecule has 14 heavy (non-hydrogen) atoms. The van der Waals surface area contributed by atoms with Crippen molar-refractivity contribution in [1.29, 1.82) is 0 Å². The molecule has 1 rings (SSSR count). The van der Waals surface area contributed by atoms with Gasteiger partial charge in [0.2, 0.25) is 0 Å². The SMILES string of the molecule is O=C(O)c1cc(I)ccc1OC(F)F. The van der Waals surface area contributed by atoms with Gasteiger partial charge in [0.05, 0.1) is 0 Å². The number of benzene rings is 1. The molecule has 1 aromatic carbocycles. The molecule has 0 unspecified atom stereocenters. The van der Waals surface area contributed by atoms with Crippen molar-refractivity contribution in [2.45, 2.75) is 6.61 Å². The average molecular weight is 314 g/mol. The van der Waals surface area contributed by atoms with Gasteiger partial charge >= 0.3 is 12.6 Å². The van der Waals surface area contributed by atoms with Crippen LogP contribution in [0.15, 0.2) is 18.2 Å². The summed E-state index contributed by atoms with van der Waals surface area (Å²) in [5, 5.41) is 8.67. The molecule has 6 heteroatoms. The van der Waals surface area contributed by atoms with E-state index in [4.69, 9.17) is 5.11 Å². The van der Waals surface area contributed by atoms with Gasteiger partial charge < -0.3 is 9.84 Å². The molecule has 76 valence electrons. The molecule has 0 saturated carbocycles. The minimum atomic E-state index is -3.02. The van der Waals surface area contributed by atoms with E-state index in [-0.39, 0.29) is 11.3 Å². The van der Waals surface area contributed by atoms with E-state index in [1.807, 2.05) is 22.6 Å². The van der Waals surface area contributed by atoms with Crippen LogP contribution in [-0.4, -0.2) is 17.7 Å². The van der Waals surface area contributed by atoms with Crippen LogP contribution in [0.2, 0.25) is 0 Å². The molecule has 0 aliphatic rings. The third-order valence-electron chi connectivity index (χ3n) is 1.39. The third-order valence-corrected chi connectivity index (χ3v) is 2.06. The second-order valence-electron chi connectivity index (χ2n) is 2.32. The molecule has 0 bridgehead atoms. The van der Waals surface area contributed by atoms with E-state index in [0.717, 1.165) is 0 Å². The van der Waals surface area contributed by atoms with Crippen LogP contribution >= 0.6 is 22.6 Å². The summed E-state index contributed by atoms with van der Waals surface area (Å²) < 4.78 is 28.4. The van der Waals surface area contributed by atoms with Gasteiger partial charge in [-0.2, -0.15) is 8.78 Å². The number of hydrogen-bond acceptors (Lipinski definition) is 2. The smallest absolute Gasteiger partial charge is 0.387 e. The molecule has 0 amide bonds. The maximum atomic E-state index is 11.8. The van der Waals surface area contributed by atoms with E-state index in [2.05, 4.69) is 4.74 Å². The Morgan fingerprint density at radius 1 is 1.50 bits per heavy atom. The second-order valence-corrected chi connectivity index (χ2v) is 3.57. The van der Waals surface area contributed by atoms with Crippen molar-refractivity contribution in [3.63, 3.8) is 0 Å². The molecule has 1 aromatic rings. The van der Waals surface area contributed by atoms with Crippen LogP contribution in [0.4, 0.5) is 8.78 Å². The summed E-state index contributed by atoms with van der Waals surface area (Å²) in [5.74, 6) is -1.62. The van der Waals surface area contributed by atoms with Gasteiger partial charge in [0.15, 0.2) is 0 Å². The maximum Gasteiger partial charge on any atom is 0.387 e. The Balaban J connectivity index is 3.08. The molecule has 0 aliphatic carbocycles. The standard InChI is InChI=1S/C8H5F2IO3/c9-8(10)14-6-2-1-4(11)3-5(6)7(12)13/h1-3,8H,(H,12,13). The third kappa shape index (κ3) is 2.79. The quantitative estimate of drug-likeness (QED) is 0.873. The van der Waals surface area contributed by atoms with Crippen LogP contribution < -0.4 is 4.74 Å². The van der Waals surface area contributed by atoms with Crippen LogP contribution in [-0.2, 0) is 0 Å². The minimum Gasteiger partial charge on any atom is -0.478 e. The fourth-order valence-electron chi connectivity index (χ4n) is 0.868. The van der Waals surface area contributed by atoms with Gasteiger partial charge in [-0.3, -0.25) is 0 Å². The van der Waals surface area contributed by atoms with Gasteiger partial charge in [-0.25, -0.2) is 4.79 Å². The number of aromatic carboxylic acids is 1. The highest BCUT2D eigenvalue weighted by Crippen LogP contribution is 2.22. The van der Waals surface area contributed by atoms with Crippen molar-refractivity contribution >= 4 is 28.6 Å². The largest absolute Gasteiger partial charge is 0.478 e. The van der Waals surface area contributed by atoms with E-state index in [9.17, 15) is 13.6 Å². The van der Waals surface area contributed by atoms with E-state index < -0.39 is 12.6 Å². The summed E-state index contributed by atoms with van der Waals surface area (Å²) in [6, 6.07) is 3.96. The summed E-state index contributed by atoms with van der Waals surface area (Å²) in [4.78, 5) is 10.6. The Morgan fingerprint density at radius 3 is 2.64 bits per heavy atom. The van der Waals surface area contributed by atoms with Crippen molar-refractivity contribution < 1.29 is 23.4 Å². The first-order valence-corrected chi connectivity index (χ1v) is 4.56. The molecule has 0 saturated heterocycles. The summed E-state index contributed by atoms with van der Waals surface area (Å²) >= 11 is 1.88. The number of carbonyl (C=O) groups is 1. The van der Waals surface area contributed by atoms with Crippen LogP contribution in [0.5, 0.6) is 5.75 Å². The first kappa shape index (κ1) is 11.2. The zero-order valence-corrected chi connectivity index (χ0v) is 8.86. The second kappa shape index (κ2) is 4.54. The molecule has 0 fully saturated rings. The zero-order valence-electron chi connectivity index (χ0n) is 6.71. The number of alkyl halides is 2. The first-order chi connectivity index (χ1) is 6.50. The lowest BCUT2D eigenvalue weighted by Crippen LogP contribution is -2.07. The van der Waals surface area contributed by atoms with Gasteiger partial charge in [-0.05, 0) is 40.8 Å². The van der Waals surface area contributed by atoms with Gasteiger partial charge in [0.25, 0.3) is 0 Å². The Kier molecular flexibility index (Phi) is 3.62. The van der Waals surface area contributed by atoms with Gasteiger partial charge in [-0.15, -0.1) is 0 Å². The number of ether oxygens (including phenoxy) is 1. The van der Waals surface area contributed by atoms with E-state index in [0.29, 0.717) is 3.57 Å². The monoisotopic (exact) mass is 314 g/mol. The zero-order chi connectivity index (χ0) is 10.7. The van der Waals surface area contributed by atoms with Crippen molar-refractivity contribution in [3.05, 3.63) is 27.3 Å². The number of halogens is 3. The lowest BCUT2D eigenvalue weighted by atomic mass is 10.2. The van der Waals surface area contributed by atoms with Crippen molar-refractivity contribution in [2.24, 2.45) is 0 Å². The molecule has 1 N–H and O–H groups in total. The lowest BCUT2D eigenvalue weighted by Gasteiger charge is -2.07. The van der Waals surface area contributed by atoms with Gasteiger partial charge in [0, 0.05) is 3.57 Å². The van der Waals surface area contributed by atoms with Crippen molar-refractivity contribution in [3.8, 4) is 5.75 Å². The van der Waals surface area contributed by atoms with Crippen LogP contribution in [0.25, 0.3) is 0 Å². The van der Waals surface area contributed by atoms with Crippen molar-refractivity contribution in [1.82, 2.24) is 0 Å². The van der Waals surface area contributed by atoms with E-state index >= 15 is 0 Å². The summed E-state index contributed by atoms with van der Waals surface area (Å²) in [7, 11) is 0. The first-order valence-electron chi connectivity index (χ1n) is 3.48. The Hall–Kier alpha value is -0.920. The fraction of sp³-hybridized carbons (Fsp3) is 0.125. The Morgan fingerprint density at radius 2 is 2.14 bits per heavy atom. The van der Waals surface area contributed by atoms with Crippen molar-refractivity contribution in [2.75, 3.05) is 0 Å². The minimum absolute atomic E-state index is 0.266. The molecule has 0 heterocycles. The molecule has 3 nitrogen and oxygen atoms in total. The highest BCUT2D eigenvalue weighted by atomic mass is 127. The summed E-state index contributed by atoms with van der Waals surface area (Å²) in [5.41, 5.74) is -0.266. The molecule has 0 spiro atoms. The van der Waals surface area contributed by atoms with Crippen LogP contribution in [0.3, 0.4) is 0 Å². The lowest BCUT2D eigenvalue weighted by molar-refractivity contribution is -0.0503. The average Bonchev–Trinajstić information content (AvgIpc) is 2.07. The molecular formula is C8H5F2IO3. The Bertz CT molecular complexity index is 354. The predicted molar refractivity (Wildman–Crippen MR) is 52.8 cm³/mol. The topological polar surface area (TPSA) is 46.5 Å². The number of hydrogen-bond donors (Lipinski definition) is 1. The summed E-state index contributed by atoms with van der Waals surface area (Å²) in [6.45, 7) is -3.02. The van der Waals surface area contributed by atoms with Crippen LogP contribution in [0.1, 0.15) is 10.4 Å². The number of carboxylic acids is 1. The maximum absolute atomic E-state index is 11.8. The van der Waals surface area contributed by atoms with E-state index in [1.54, 1.807) is 0 Å². The van der Waals surface area contributed by atoms with Gasteiger partial charge in [0.1, 0.15) is 11.3 Å². The highest BCUT2D eigenvalue weighted by molar-refractivity contribution is 14.1. The Labute approximate surface area is 91.8 Å². The predicted octanol–water partition coefficient (Wildman–Crippen LogP) is 2.59. The number of carboxylic acid groups (broad SMARTS) is 1. The normalized spacial score (nSPS) is 10.3. The van der Waals surface area contributed by atoms with E-state index in [1.165, 1.54) is 18.2 Å². The van der Waals surface area contributed by atoms with Crippen LogP contribution in [0, 0.1) is 3.57 Å². The van der Waals surface area contributed by atoms with Gasteiger partial charge in [-0.1, -0.05) is 0 Å². The molecule has 0 aliphatic heterocycles. The fourth-order valence-corrected chi connectivity index (χ4v) is 1.36. The summed E-state index contributed by atoms with van der Waals surface area (Å²) in [6.07, 6.45) is 0. The molecule has 0 aromatic heterocycles.